The number of anilines is 1. The molecule has 2 aromatic carbocycles. The first-order chi connectivity index (χ1) is 19.2. The third-order valence-electron chi connectivity index (χ3n) is 8.94. The third kappa shape index (κ3) is 5.86. The number of nitrogens with zero attached hydrogens (tertiary/aromatic N) is 3. The van der Waals surface area contributed by atoms with Crippen LogP contribution in [0.2, 0.25) is 5.02 Å². The molecule has 224 valence electrons. The molecule has 2 atom stereocenters. The zero-order valence-electron chi connectivity index (χ0n) is 23.8. The SMILES string of the molecule is COc1cccc(C(O)(C(=O)N(C)CCC2CCC23CCN(c2ccc(C(=O)N(C)C)c(Cl)c2)CC3)C(F)(F)F)c1. The van der Waals surface area contributed by atoms with Crippen LogP contribution in [0.4, 0.5) is 18.9 Å². The Bertz CT molecular complexity index is 1280. The number of ether oxygens (including phenoxy) is 1. The number of amides is 2. The Balaban J connectivity index is 1.38. The van der Waals surface area contributed by atoms with Gasteiger partial charge in [0.05, 0.1) is 17.7 Å². The fraction of sp³-hybridized carbons (Fsp3) is 0.533. The zero-order chi connectivity index (χ0) is 30.2. The molecular weight excluding hydrogens is 559 g/mol. The number of halogens is 4. The molecular formula is C30H37ClF3N3O4. The fourth-order valence-corrected chi connectivity index (χ4v) is 6.43. The summed E-state index contributed by atoms with van der Waals surface area (Å²) >= 11 is 6.42. The van der Waals surface area contributed by atoms with Gasteiger partial charge in [0.1, 0.15) is 5.75 Å². The molecule has 1 aliphatic carbocycles. The van der Waals surface area contributed by atoms with Crippen LogP contribution in [0.5, 0.6) is 5.75 Å². The quantitative estimate of drug-likeness (QED) is 0.446. The van der Waals surface area contributed by atoms with Crippen LogP contribution in [0.1, 0.15) is 48.0 Å². The highest BCUT2D eigenvalue weighted by Crippen LogP contribution is 2.55. The smallest absolute Gasteiger partial charge is 0.430 e. The van der Waals surface area contributed by atoms with Crippen LogP contribution in [0.15, 0.2) is 42.5 Å². The molecule has 1 spiro atoms. The molecule has 41 heavy (non-hydrogen) atoms. The Morgan fingerprint density at radius 3 is 2.32 bits per heavy atom. The van der Waals surface area contributed by atoms with E-state index < -0.39 is 23.2 Å². The molecule has 2 aliphatic rings. The maximum atomic E-state index is 14.1. The van der Waals surface area contributed by atoms with Gasteiger partial charge in [0, 0.05) is 52.0 Å². The Hall–Kier alpha value is -2.98. The summed E-state index contributed by atoms with van der Waals surface area (Å²) in [5, 5.41) is 11.2. The van der Waals surface area contributed by atoms with Crippen molar-refractivity contribution < 1.29 is 32.6 Å². The van der Waals surface area contributed by atoms with Gasteiger partial charge < -0.3 is 24.5 Å². The highest BCUT2D eigenvalue weighted by atomic mass is 35.5. The Kier molecular flexibility index (Phi) is 8.85. The van der Waals surface area contributed by atoms with E-state index in [1.54, 1.807) is 20.2 Å². The van der Waals surface area contributed by atoms with Crippen molar-refractivity contribution in [1.82, 2.24) is 9.80 Å². The maximum Gasteiger partial charge on any atom is 0.430 e. The van der Waals surface area contributed by atoms with Crippen LogP contribution in [-0.2, 0) is 10.4 Å². The van der Waals surface area contributed by atoms with Crippen LogP contribution >= 0.6 is 11.6 Å². The van der Waals surface area contributed by atoms with E-state index in [1.165, 1.54) is 31.2 Å². The van der Waals surface area contributed by atoms with Crippen molar-refractivity contribution in [3.8, 4) is 5.75 Å². The monoisotopic (exact) mass is 595 g/mol. The lowest BCUT2D eigenvalue weighted by Gasteiger charge is -2.55. The van der Waals surface area contributed by atoms with Gasteiger partial charge in [0.15, 0.2) is 0 Å². The number of piperidine rings is 1. The molecule has 7 nitrogen and oxygen atoms in total. The van der Waals surface area contributed by atoms with E-state index in [0.717, 1.165) is 61.5 Å². The van der Waals surface area contributed by atoms with Gasteiger partial charge in [-0.3, -0.25) is 9.59 Å². The zero-order valence-corrected chi connectivity index (χ0v) is 24.6. The molecule has 1 N–H and O–H groups in total. The van der Waals surface area contributed by atoms with E-state index in [0.29, 0.717) is 17.0 Å². The molecule has 1 heterocycles. The Labute approximate surface area is 243 Å². The second kappa shape index (κ2) is 11.7. The van der Waals surface area contributed by atoms with Crippen molar-refractivity contribution in [3.63, 3.8) is 0 Å². The minimum absolute atomic E-state index is 0.0815. The molecule has 4 rings (SSSR count). The molecule has 1 saturated carbocycles. The predicted octanol–water partition coefficient (Wildman–Crippen LogP) is 5.35. The molecule has 2 amide bonds. The summed E-state index contributed by atoms with van der Waals surface area (Å²) in [7, 11) is 5.96. The number of alkyl halides is 3. The Morgan fingerprint density at radius 2 is 1.78 bits per heavy atom. The second-order valence-electron chi connectivity index (χ2n) is 11.4. The van der Waals surface area contributed by atoms with Crippen molar-refractivity contribution in [2.75, 3.05) is 52.8 Å². The third-order valence-corrected chi connectivity index (χ3v) is 9.25. The number of carbonyl (C=O) groups is 2. The summed E-state index contributed by atoms with van der Waals surface area (Å²) in [5.41, 5.74) is -2.76. The normalized spacial score (nSPS) is 19.7. The molecule has 0 radical (unpaired) electrons. The van der Waals surface area contributed by atoms with Crippen LogP contribution in [0.25, 0.3) is 0 Å². The van der Waals surface area contributed by atoms with E-state index in [1.807, 2.05) is 12.1 Å². The number of methoxy groups -OCH3 is 1. The lowest BCUT2D eigenvalue weighted by atomic mass is 9.54. The van der Waals surface area contributed by atoms with Gasteiger partial charge in [-0.25, -0.2) is 0 Å². The highest BCUT2D eigenvalue weighted by molar-refractivity contribution is 6.34. The van der Waals surface area contributed by atoms with Gasteiger partial charge >= 0.3 is 6.18 Å². The van der Waals surface area contributed by atoms with Gasteiger partial charge in [-0.05, 0) is 73.8 Å². The average Bonchev–Trinajstić information content (AvgIpc) is 2.94. The predicted molar refractivity (Wildman–Crippen MR) is 151 cm³/mol. The summed E-state index contributed by atoms with van der Waals surface area (Å²) in [6.07, 6.45) is -0.827. The van der Waals surface area contributed by atoms with Gasteiger partial charge in [-0.15, -0.1) is 0 Å². The van der Waals surface area contributed by atoms with Crippen LogP contribution in [0, 0.1) is 11.3 Å². The standard InChI is InChI=1S/C30H37ClF3N3O4/c1-35(2)26(38)24-9-8-22(19-25(24)31)37-16-13-28(14-17-37)12-10-20(28)11-15-36(3)27(39)29(40,30(32,33)34)21-6-5-7-23(18-21)41-4/h5-9,18-20,40H,10-17H2,1-4H3. The van der Waals surface area contributed by atoms with E-state index >= 15 is 0 Å². The molecule has 2 aromatic rings. The van der Waals surface area contributed by atoms with Crippen LogP contribution < -0.4 is 9.64 Å². The highest BCUT2D eigenvalue weighted by Gasteiger charge is 2.62. The van der Waals surface area contributed by atoms with E-state index in [-0.39, 0.29) is 29.5 Å². The summed E-state index contributed by atoms with van der Waals surface area (Å²) in [6.45, 7) is 1.70. The van der Waals surface area contributed by atoms with Gasteiger partial charge in [0.2, 0.25) is 0 Å². The molecule has 11 heteroatoms. The first-order valence-electron chi connectivity index (χ1n) is 13.7. The summed E-state index contributed by atoms with van der Waals surface area (Å²) in [5.74, 6) is -1.17. The second-order valence-corrected chi connectivity index (χ2v) is 11.8. The minimum Gasteiger partial charge on any atom is -0.497 e. The topological polar surface area (TPSA) is 73.3 Å². The molecule has 2 unspecified atom stereocenters. The van der Waals surface area contributed by atoms with Crippen LogP contribution in [0.3, 0.4) is 0 Å². The lowest BCUT2D eigenvalue weighted by Crippen LogP contribution is -2.55. The van der Waals surface area contributed by atoms with Crippen LogP contribution in [-0.4, -0.2) is 80.8 Å². The van der Waals surface area contributed by atoms with E-state index in [2.05, 4.69) is 4.90 Å². The van der Waals surface area contributed by atoms with Crippen molar-refractivity contribution >= 4 is 29.1 Å². The summed E-state index contributed by atoms with van der Waals surface area (Å²) in [4.78, 5) is 30.1. The van der Waals surface area contributed by atoms with Crippen molar-refractivity contribution in [2.45, 2.75) is 43.9 Å². The number of rotatable bonds is 8. The van der Waals surface area contributed by atoms with Crippen molar-refractivity contribution in [1.29, 1.82) is 0 Å². The van der Waals surface area contributed by atoms with E-state index in [9.17, 15) is 27.9 Å². The van der Waals surface area contributed by atoms with Crippen molar-refractivity contribution in [3.05, 3.63) is 58.6 Å². The van der Waals surface area contributed by atoms with E-state index in [4.69, 9.17) is 16.3 Å². The summed E-state index contributed by atoms with van der Waals surface area (Å²) in [6, 6.07) is 10.4. The largest absolute Gasteiger partial charge is 0.497 e. The van der Waals surface area contributed by atoms with Gasteiger partial charge in [0.25, 0.3) is 17.4 Å². The molecule has 1 aliphatic heterocycles. The van der Waals surface area contributed by atoms with Gasteiger partial charge in [-0.1, -0.05) is 23.7 Å². The lowest BCUT2D eigenvalue weighted by molar-refractivity contribution is -0.261. The number of likely N-dealkylation sites (N-methyl/N-ethyl adjacent to an activating group) is 1. The number of benzene rings is 2. The first-order valence-corrected chi connectivity index (χ1v) is 14.1. The maximum absolute atomic E-state index is 14.1. The average molecular weight is 596 g/mol. The molecule has 0 aromatic heterocycles. The van der Waals surface area contributed by atoms with Crippen molar-refractivity contribution in [2.24, 2.45) is 11.3 Å². The number of hydrogen-bond acceptors (Lipinski definition) is 5. The first kappa shape index (κ1) is 31.0. The number of hydrogen-bond donors (Lipinski definition) is 1. The molecule has 1 saturated heterocycles. The number of aliphatic hydroxyl groups is 1. The Morgan fingerprint density at radius 1 is 1.10 bits per heavy atom. The molecule has 0 bridgehead atoms. The molecule has 2 fully saturated rings. The fourth-order valence-electron chi connectivity index (χ4n) is 6.17. The summed E-state index contributed by atoms with van der Waals surface area (Å²) < 4.78 is 47.4. The van der Waals surface area contributed by atoms with Gasteiger partial charge in [-0.2, -0.15) is 13.2 Å². The minimum atomic E-state index is -5.21. The number of carbonyl (C=O) groups excluding carboxylic acids is 2.